The number of nitrogens with two attached hydrogens (primary N) is 1. The van der Waals surface area contributed by atoms with E-state index in [1.54, 1.807) is 0 Å². The largest absolute Gasteiger partial charge is 0.387 e. The van der Waals surface area contributed by atoms with Crippen molar-refractivity contribution in [1.82, 2.24) is 4.90 Å². The highest BCUT2D eigenvalue weighted by molar-refractivity contribution is 5.17. The number of likely N-dealkylation sites (N-methyl/N-ethyl adjacent to an activating group) is 1. The maximum atomic E-state index is 10.2. The average Bonchev–Trinajstić information content (AvgIpc) is 3.15. The van der Waals surface area contributed by atoms with Gasteiger partial charge in [0, 0.05) is 19.1 Å². The van der Waals surface area contributed by atoms with Crippen LogP contribution < -0.4 is 5.73 Å². The number of hydrogen-bond donors (Lipinski definition) is 2. The van der Waals surface area contributed by atoms with Crippen LogP contribution in [-0.2, 0) is 0 Å². The van der Waals surface area contributed by atoms with E-state index in [2.05, 4.69) is 11.9 Å². The summed E-state index contributed by atoms with van der Waals surface area (Å²) in [6, 6.07) is 10.2. The van der Waals surface area contributed by atoms with Crippen LogP contribution in [-0.4, -0.2) is 36.2 Å². The summed E-state index contributed by atoms with van der Waals surface area (Å²) in [6.45, 7) is 1.34. The Morgan fingerprint density at radius 2 is 2.00 bits per heavy atom. The summed E-state index contributed by atoms with van der Waals surface area (Å²) in [5, 5.41) is 10.2. The molecule has 0 bridgehead atoms. The Hall–Kier alpha value is -0.900. The van der Waals surface area contributed by atoms with E-state index in [4.69, 9.17) is 5.73 Å². The van der Waals surface area contributed by atoms with Crippen molar-refractivity contribution >= 4 is 0 Å². The van der Waals surface area contributed by atoms with Crippen molar-refractivity contribution in [3.05, 3.63) is 35.9 Å². The molecule has 1 fully saturated rings. The lowest BCUT2D eigenvalue weighted by Gasteiger charge is -2.29. The minimum absolute atomic E-state index is 0.422. The van der Waals surface area contributed by atoms with E-state index in [9.17, 15) is 5.11 Å². The summed E-state index contributed by atoms with van der Waals surface area (Å²) in [7, 11) is 2.06. The van der Waals surface area contributed by atoms with Gasteiger partial charge >= 0.3 is 0 Å². The Bertz CT molecular complexity index is 337. The maximum Gasteiger partial charge on any atom is 0.0916 e. The van der Waals surface area contributed by atoms with Crippen LogP contribution in [0, 0.1) is 5.92 Å². The zero-order valence-electron chi connectivity index (χ0n) is 10.4. The summed E-state index contributed by atoms with van der Waals surface area (Å²) < 4.78 is 0. The van der Waals surface area contributed by atoms with Crippen molar-refractivity contribution in [1.29, 1.82) is 0 Å². The van der Waals surface area contributed by atoms with Gasteiger partial charge in [0.05, 0.1) is 6.10 Å². The lowest BCUT2D eigenvalue weighted by atomic mass is 10.1. The number of aliphatic hydroxyl groups is 1. The van der Waals surface area contributed by atoms with E-state index < -0.39 is 6.10 Å². The first-order valence-corrected chi connectivity index (χ1v) is 6.35. The number of aliphatic hydroxyl groups excluding tert-OH is 1. The second-order valence-corrected chi connectivity index (χ2v) is 5.01. The van der Waals surface area contributed by atoms with Gasteiger partial charge in [-0.15, -0.1) is 0 Å². The molecule has 2 rings (SSSR count). The van der Waals surface area contributed by atoms with Crippen molar-refractivity contribution < 1.29 is 5.11 Å². The quantitative estimate of drug-likeness (QED) is 0.782. The fourth-order valence-corrected chi connectivity index (χ4v) is 2.40. The van der Waals surface area contributed by atoms with Crippen molar-refractivity contribution in [2.45, 2.75) is 25.0 Å². The molecular formula is C14H22N2O. The molecule has 0 aromatic heterocycles. The first-order chi connectivity index (χ1) is 8.22. The molecule has 0 heterocycles. The van der Waals surface area contributed by atoms with Gasteiger partial charge in [-0.25, -0.2) is 0 Å². The Labute approximate surface area is 103 Å². The molecule has 1 aromatic rings. The van der Waals surface area contributed by atoms with Crippen molar-refractivity contribution in [3.63, 3.8) is 0 Å². The molecule has 0 aliphatic heterocycles. The summed E-state index contributed by atoms with van der Waals surface area (Å²) in [6.07, 6.45) is 2.15. The summed E-state index contributed by atoms with van der Waals surface area (Å²) >= 11 is 0. The normalized spacial score (nSPS) is 19.3. The van der Waals surface area contributed by atoms with Gasteiger partial charge in [-0.2, -0.15) is 0 Å². The van der Waals surface area contributed by atoms with Crippen molar-refractivity contribution in [2.24, 2.45) is 11.7 Å². The molecule has 3 heteroatoms. The maximum absolute atomic E-state index is 10.2. The summed E-state index contributed by atoms with van der Waals surface area (Å²) in [5.41, 5.74) is 6.78. The Morgan fingerprint density at radius 3 is 2.53 bits per heavy atom. The highest BCUT2D eigenvalue weighted by Gasteiger charge is 2.33. The highest BCUT2D eigenvalue weighted by atomic mass is 16.3. The van der Waals surface area contributed by atoms with Crippen LogP contribution in [0.2, 0.25) is 0 Å². The topological polar surface area (TPSA) is 49.5 Å². The molecule has 94 valence electrons. The number of hydrogen-bond acceptors (Lipinski definition) is 3. The molecule has 0 saturated heterocycles. The third-order valence-electron chi connectivity index (χ3n) is 3.62. The molecule has 2 atom stereocenters. The minimum Gasteiger partial charge on any atom is -0.387 e. The first-order valence-electron chi connectivity index (χ1n) is 6.35. The predicted octanol–water partition coefficient (Wildman–Crippen LogP) is 1.39. The van der Waals surface area contributed by atoms with Gasteiger partial charge in [0.2, 0.25) is 0 Å². The van der Waals surface area contributed by atoms with Gasteiger partial charge in [0.25, 0.3) is 0 Å². The molecule has 0 spiro atoms. The van der Waals surface area contributed by atoms with Crippen molar-refractivity contribution in [2.75, 3.05) is 20.1 Å². The molecule has 0 radical (unpaired) electrons. The van der Waals surface area contributed by atoms with Crippen molar-refractivity contribution in [3.8, 4) is 0 Å². The first kappa shape index (κ1) is 12.6. The second kappa shape index (κ2) is 5.63. The molecule has 1 aliphatic rings. The third-order valence-corrected chi connectivity index (χ3v) is 3.62. The van der Waals surface area contributed by atoms with Gasteiger partial charge < -0.3 is 10.8 Å². The Morgan fingerprint density at radius 1 is 1.35 bits per heavy atom. The molecule has 2 unspecified atom stereocenters. The van der Waals surface area contributed by atoms with Gasteiger partial charge in [0.1, 0.15) is 0 Å². The fourth-order valence-electron chi connectivity index (χ4n) is 2.40. The number of benzene rings is 1. The number of rotatable bonds is 6. The van der Waals surface area contributed by atoms with Crippen LogP contribution in [0.15, 0.2) is 30.3 Å². The number of nitrogens with zero attached hydrogens (tertiary/aromatic N) is 1. The van der Waals surface area contributed by atoms with Gasteiger partial charge in [-0.05, 0) is 31.4 Å². The molecule has 0 amide bonds. The van der Waals surface area contributed by atoms with E-state index >= 15 is 0 Å². The van der Waals surface area contributed by atoms with E-state index in [0.717, 1.165) is 11.5 Å². The van der Waals surface area contributed by atoms with Crippen LogP contribution in [0.4, 0.5) is 0 Å². The molecular weight excluding hydrogens is 212 g/mol. The Balaban J connectivity index is 1.91. The van der Waals surface area contributed by atoms with Gasteiger partial charge in [-0.1, -0.05) is 30.3 Å². The SMILES string of the molecule is CN(CC(O)c1ccccc1)C(CN)C1CC1. The zero-order valence-corrected chi connectivity index (χ0v) is 10.4. The van der Waals surface area contributed by atoms with Crippen LogP contribution in [0.1, 0.15) is 24.5 Å². The Kier molecular flexibility index (Phi) is 4.15. The molecule has 1 aliphatic carbocycles. The second-order valence-electron chi connectivity index (χ2n) is 5.01. The predicted molar refractivity (Wildman–Crippen MR) is 69.6 cm³/mol. The molecule has 17 heavy (non-hydrogen) atoms. The fraction of sp³-hybridized carbons (Fsp3) is 0.571. The lowest BCUT2D eigenvalue weighted by molar-refractivity contribution is 0.0996. The van der Waals surface area contributed by atoms with Gasteiger partial charge in [0.15, 0.2) is 0 Å². The molecule has 3 N–H and O–H groups in total. The van der Waals surface area contributed by atoms with Crippen LogP contribution in [0.3, 0.4) is 0 Å². The molecule has 1 aromatic carbocycles. The average molecular weight is 234 g/mol. The summed E-state index contributed by atoms with van der Waals surface area (Å²) in [5.74, 6) is 0.743. The highest BCUT2D eigenvalue weighted by Crippen LogP contribution is 2.34. The lowest BCUT2D eigenvalue weighted by Crippen LogP contribution is -2.41. The standard InChI is InChI=1S/C14H22N2O/c1-16(13(9-15)11-7-8-11)10-14(17)12-5-3-2-4-6-12/h2-6,11,13-14,17H,7-10,15H2,1H3. The summed E-state index contributed by atoms with van der Waals surface area (Å²) in [4.78, 5) is 2.20. The molecule has 1 saturated carbocycles. The monoisotopic (exact) mass is 234 g/mol. The smallest absolute Gasteiger partial charge is 0.0916 e. The van der Waals surface area contributed by atoms with Crippen LogP contribution >= 0.6 is 0 Å². The van der Waals surface area contributed by atoms with E-state index in [1.165, 1.54) is 12.8 Å². The third kappa shape index (κ3) is 3.28. The van der Waals surface area contributed by atoms with E-state index in [-0.39, 0.29) is 0 Å². The van der Waals surface area contributed by atoms with Gasteiger partial charge in [-0.3, -0.25) is 4.90 Å². The minimum atomic E-state index is -0.422. The van der Waals surface area contributed by atoms with E-state index in [1.807, 2.05) is 30.3 Å². The van der Waals surface area contributed by atoms with E-state index in [0.29, 0.717) is 19.1 Å². The molecule has 3 nitrogen and oxygen atoms in total. The van der Waals surface area contributed by atoms with Crippen LogP contribution in [0.25, 0.3) is 0 Å². The van der Waals surface area contributed by atoms with Crippen LogP contribution in [0.5, 0.6) is 0 Å². The zero-order chi connectivity index (χ0) is 12.3.